The van der Waals surface area contributed by atoms with E-state index >= 15 is 0 Å². The van der Waals surface area contributed by atoms with Gasteiger partial charge in [-0.05, 0) is 11.6 Å². The van der Waals surface area contributed by atoms with Gasteiger partial charge in [0.1, 0.15) is 0 Å². The predicted octanol–water partition coefficient (Wildman–Crippen LogP) is 1.79. The molecule has 0 amide bonds. The molecule has 0 fully saturated rings. The number of H-pyrrole nitrogens is 1. The standard InChI is InChI=1S/C10H9NO2/c12-10(13)5-7-6-11-9-4-2-1-3-8(7)9/h1-4,6,11H,5H2,(H,12,13)/i1+1,2+1,3+1,4+1,8+1,9+1. The third kappa shape index (κ3) is 1.40. The smallest absolute Gasteiger partial charge is 0.307 e. The molecule has 0 saturated carbocycles. The van der Waals surface area contributed by atoms with E-state index in [1.807, 2.05) is 24.3 Å². The summed E-state index contributed by atoms with van der Waals surface area (Å²) < 4.78 is 0. The van der Waals surface area contributed by atoms with Crippen LogP contribution in [0.25, 0.3) is 10.9 Å². The highest BCUT2D eigenvalue weighted by molar-refractivity contribution is 5.86. The van der Waals surface area contributed by atoms with Crippen molar-refractivity contribution in [2.45, 2.75) is 6.42 Å². The number of hydrogen-bond acceptors (Lipinski definition) is 1. The number of aliphatic carboxylic acids is 1. The summed E-state index contributed by atoms with van der Waals surface area (Å²) in [5.41, 5.74) is 1.82. The van der Waals surface area contributed by atoms with Gasteiger partial charge in [0.05, 0.1) is 6.42 Å². The quantitative estimate of drug-likeness (QED) is 0.742. The lowest BCUT2D eigenvalue weighted by atomic mass is 10.3. The second kappa shape index (κ2) is 2.94. The van der Waals surface area contributed by atoms with Crippen LogP contribution in [0, 0.1) is 0 Å². The number of carboxylic acids is 1. The molecule has 1 aromatic carbocycles. The summed E-state index contributed by atoms with van der Waals surface area (Å²) in [4.78, 5) is 13.5. The molecule has 66 valence electrons. The molecule has 0 aliphatic heterocycles. The average Bonchev–Trinajstić information content (AvgIpc) is 2.48. The number of aromatic nitrogens is 1. The first-order chi connectivity index (χ1) is 6.27. The largest absolute Gasteiger partial charge is 0.481 e. The number of hydrogen-bond donors (Lipinski definition) is 2. The van der Waals surface area contributed by atoms with Gasteiger partial charge in [-0.25, -0.2) is 0 Å². The van der Waals surface area contributed by atoms with Gasteiger partial charge in [0.15, 0.2) is 0 Å². The molecule has 3 heteroatoms. The fourth-order valence-electron chi connectivity index (χ4n) is 1.44. The van der Waals surface area contributed by atoms with Crippen molar-refractivity contribution in [2.75, 3.05) is 0 Å². The van der Waals surface area contributed by atoms with E-state index in [-0.39, 0.29) is 6.42 Å². The first kappa shape index (κ1) is 7.86. The number of carbonyl (C=O) groups is 1. The van der Waals surface area contributed by atoms with Gasteiger partial charge in [-0.15, -0.1) is 0 Å². The minimum Gasteiger partial charge on any atom is -0.481 e. The molecule has 1 aromatic heterocycles. The summed E-state index contributed by atoms with van der Waals surface area (Å²) in [6.45, 7) is 0. The summed E-state index contributed by atoms with van der Waals surface area (Å²) in [5, 5.41) is 9.62. The summed E-state index contributed by atoms with van der Waals surface area (Å²) in [7, 11) is 0. The van der Waals surface area contributed by atoms with Crippen LogP contribution in [0.15, 0.2) is 30.5 Å². The fourth-order valence-corrected chi connectivity index (χ4v) is 1.44. The molecule has 0 aliphatic rings. The second-order valence-electron chi connectivity index (χ2n) is 2.93. The normalized spacial score (nSPS) is 10.5. The summed E-state index contributed by atoms with van der Waals surface area (Å²) in [6.07, 6.45) is 1.82. The van der Waals surface area contributed by atoms with Crippen molar-refractivity contribution < 1.29 is 9.90 Å². The Morgan fingerprint density at radius 1 is 1.38 bits per heavy atom. The lowest BCUT2D eigenvalue weighted by molar-refractivity contribution is -0.136. The minimum absolute atomic E-state index is 0.0734. The van der Waals surface area contributed by atoms with E-state index in [4.69, 9.17) is 5.11 Å². The summed E-state index contributed by atoms with van der Waals surface area (Å²) in [5.74, 6) is -0.801. The highest BCUT2D eigenvalue weighted by Crippen LogP contribution is 2.17. The lowest BCUT2D eigenvalue weighted by Crippen LogP contribution is -1.98. The Hall–Kier alpha value is -1.77. The Kier molecular flexibility index (Phi) is 1.77. The van der Waals surface area contributed by atoms with Crippen LogP contribution < -0.4 is 0 Å². The maximum absolute atomic E-state index is 10.5. The predicted molar refractivity (Wildman–Crippen MR) is 49.6 cm³/mol. The Balaban J connectivity index is 2.51. The van der Waals surface area contributed by atoms with E-state index in [0.717, 1.165) is 16.5 Å². The topological polar surface area (TPSA) is 53.1 Å². The van der Waals surface area contributed by atoms with Gasteiger partial charge in [-0.2, -0.15) is 0 Å². The Labute approximate surface area is 75.0 Å². The molecule has 0 bridgehead atoms. The summed E-state index contributed by atoms with van der Waals surface area (Å²) >= 11 is 0. The number of benzene rings is 1. The van der Waals surface area contributed by atoms with Gasteiger partial charge in [0, 0.05) is 17.1 Å². The molecule has 0 unspecified atom stereocenters. The first-order valence-corrected chi connectivity index (χ1v) is 4.04. The van der Waals surface area contributed by atoms with Gasteiger partial charge in [0.2, 0.25) is 0 Å². The molecule has 0 aliphatic carbocycles. The Bertz CT molecular complexity index is 445. The van der Waals surface area contributed by atoms with Crippen LogP contribution in [-0.4, -0.2) is 16.1 Å². The van der Waals surface area contributed by atoms with Crippen LogP contribution in [0.4, 0.5) is 0 Å². The zero-order valence-corrected chi connectivity index (χ0v) is 6.95. The highest BCUT2D eigenvalue weighted by Gasteiger charge is 2.05. The van der Waals surface area contributed by atoms with Crippen molar-refractivity contribution in [3.63, 3.8) is 0 Å². The Morgan fingerprint density at radius 3 is 2.92 bits per heavy atom. The zero-order valence-electron chi connectivity index (χ0n) is 6.95. The molecule has 1 heterocycles. The number of para-hydroxylation sites is 1. The van der Waals surface area contributed by atoms with Crippen molar-refractivity contribution in [1.29, 1.82) is 0 Å². The van der Waals surface area contributed by atoms with Crippen molar-refractivity contribution >= 4 is 16.9 Å². The van der Waals surface area contributed by atoms with Gasteiger partial charge in [-0.1, -0.05) is 18.2 Å². The number of carboxylic acid groups (broad SMARTS) is 1. The van der Waals surface area contributed by atoms with Crippen molar-refractivity contribution in [3.05, 3.63) is 36.0 Å². The molecule has 0 saturated heterocycles. The maximum Gasteiger partial charge on any atom is 0.307 e. The fraction of sp³-hybridized carbons (Fsp3) is 0.100. The second-order valence-corrected chi connectivity index (χ2v) is 2.93. The zero-order chi connectivity index (χ0) is 9.26. The van der Waals surface area contributed by atoms with Crippen LogP contribution in [0.1, 0.15) is 5.56 Å². The molecule has 2 N–H and O–H groups in total. The monoisotopic (exact) mass is 181 g/mol. The van der Waals surface area contributed by atoms with Crippen LogP contribution >= 0.6 is 0 Å². The van der Waals surface area contributed by atoms with Crippen LogP contribution in [-0.2, 0) is 11.2 Å². The molecule has 2 aromatic rings. The molecule has 13 heavy (non-hydrogen) atoms. The van der Waals surface area contributed by atoms with E-state index in [2.05, 4.69) is 4.98 Å². The van der Waals surface area contributed by atoms with Crippen molar-refractivity contribution in [3.8, 4) is 0 Å². The maximum atomic E-state index is 10.5. The van der Waals surface area contributed by atoms with E-state index in [9.17, 15) is 4.79 Å². The highest BCUT2D eigenvalue weighted by atomic mass is 16.4. The van der Waals surface area contributed by atoms with Crippen LogP contribution in [0.3, 0.4) is 0 Å². The Morgan fingerprint density at radius 2 is 2.15 bits per heavy atom. The van der Waals surface area contributed by atoms with Crippen LogP contribution in [0.2, 0.25) is 0 Å². The lowest BCUT2D eigenvalue weighted by Gasteiger charge is -1.92. The first-order valence-electron chi connectivity index (χ1n) is 4.04. The van der Waals surface area contributed by atoms with Gasteiger partial charge in [0.25, 0.3) is 0 Å². The molecule has 0 spiro atoms. The van der Waals surface area contributed by atoms with Crippen molar-refractivity contribution in [1.82, 2.24) is 4.98 Å². The minimum atomic E-state index is -0.801. The average molecular weight is 181 g/mol. The third-order valence-corrected chi connectivity index (χ3v) is 2.02. The van der Waals surface area contributed by atoms with E-state index in [1.54, 1.807) is 6.20 Å². The number of rotatable bonds is 2. The van der Waals surface area contributed by atoms with E-state index in [1.165, 1.54) is 0 Å². The van der Waals surface area contributed by atoms with Crippen LogP contribution in [0.5, 0.6) is 0 Å². The van der Waals surface area contributed by atoms with Gasteiger partial charge >= 0.3 is 5.97 Å². The van der Waals surface area contributed by atoms with E-state index in [0.29, 0.717) is 0 Å². The molecule has 3 nitrogen and oxygen atoms in total. The SMILES string of the molecule is O=C(O)Cc1c[nH][13c]2[13cH][13cH][13cH][13cH][13c]12. The van der Waals surface area contributed by atoms with Gasteiger partial charge < -0.3 is 10.1 Å². The summed E-state index contributed by atoms with van der Waals surface area (Å²) in [6, 6.07) is 7.68. The number of fused-ring (bicyclic) bond motifs is 1. The van der Waals surface area contributed by atoms with Crippen molar-refractivity contribution in [2.24, 2.45) is 0 Å². The third-order valence-electron chi connectivity index (χ3n) is 2.02. The molecular formula is C10H9NO2. The van der Waals surface area contributed by atoms with E-state index < -0.39 is 5.97 Å². The molecule has 2 rings (SSSR count). The number of aromatic amines is 1. The number of nitrogens with one attached hydrogen (secondary N) is 1. The molecule has 0 radical (unpaired) electrons. The molecule has 0 atom stereocenters. The van der Waals surface area contributed by atoms with Gasteiger partial charge in [-0.3, -0.25) is 4.79 Å². The molecular weight excluding hydrogens is 172 g/mol.